The lowest BCUT2D eigenvalue weighted by atomic mass is 9.90. The van der Waals surface area contributed by atoms with Crippen molar-refractivity contribution in [2.45, 2.75) is 25.9 Å². The number of fused-ring (bicyclic) bond motifs is 3. The van der Waals surface area contributed by atoms with Gasteiger partial charge < -0.3 is 15.0 Å². The fourth-order valence-electron chi connectivity index (χ4n) is 3.19. The summed E-state index contributed by atoms with van der Waals surface area (Å²) < 4.78 is 0. The van der Waals surface area contributed by atoms with Crippen LogP contribution in [0.2, 0.25) is 0 Å². The zero-order chi connectivity index (χ0) is 13.3. The average molecular weight is 258 g/mol. The lowest BCUT2D eigenvalue weighted by Crippen LogP contribution is -2.25. The third kappa shape index (κ3) is 1.28. The van der Waals surface area contributed by atoms with E-state index in [-0.39, 0.29) is 11.6 Å². The van der Waals surface area contributed by atoms with Crippen molar-refractivity contribution in [2.75, 3.05) is 13.1 Å². The van der Waals surface area contributed by atoms with Gasteiger partial charge in [0, 0.05) is 24.4 Å². The third-order valence-corrected chi connectivity index (χ3v) is 4.27. The summed E-state index contributed by atoms with van der Waals surface area (Å²) in [6.45, 7) is 3.40. The molecule has 0 spiro atoms. The Labute approximate surface area is 109 Å². The number of aliphatic hydroxyl groups is 1. The van der Waals surface area contributed by atoms with Gasteiger partial charge in [0.25, 0.3) is 0 Å². The molecule has 0 aromatic carbocycles. The Balaban J connectivity index is 1.93. The van der Waals surface area contributed by atoms with Crippen LogP contribution in [0.15, 0.2) is 11.3 Å². The average Bonchev–Trinajstić information content (AvgIpc) is 3.03. The minimum absolute atomic E-state index is 0.0666. The smallest absolute Gasteiger partial charge is 0.226 e. The Bertz CT molecular complexity index is 664. The van der Waals surface area contributed by atoms with E-state index in [0.717, 1.165) is 18.7 Å². The second-order valence-electron chi connectivity index (χ2n) is 5.44. The molecule has 0 unspecified atom stereocenters. The number of nitrogens with zero attached hydrogens (tertiary/aromatic N) is 1. The van der Waals surface area contributed by atoms with Gasteiger partial charge in [0.15, 0.2) is 5.78 Å². The van der Waals surface area contributed by atoms with E-state index in [1.807, 2.05) is 4.90 Å². The van der Waals surface area contributed by atoms with Crippen molar-refractivity contribution >= 4 is 11.6 Å². The molecule has 2 aliphatic carbocycles. The molecule has 5 nitrogen and oxygen atoms in total. The topological polar surface area (TPSA) is 73.2 Å². The van der Waals surface area contributed by atoms with Crippen LogP contribution >= 0.6 is 0 Å². The van der Waals surface area contributed by atoms with Crippen molar-refractivity contribution in [3.05, 3.63) is 33.8 Å². The predicted octanol–water partition coefficient (Wildman–Crippen LogP) is 0.963. The van der Waals surface area contributed by atoms with Crippen molar-refractivity contribution < 1.29 is 14.7 Å². The number of Topliss-reactive ketones (excluding diaryl/α,β-unsaturated/α-hetero) is 2. The van der Waals surface area contributed by atoms with Gasteiger partial charge in [0.2, 0.25) is 5.78 Å². The second kappa shape index (κ2) is 3.36. The maximum atomic E-state index is 12.5. The number of rotatable bonds is 1. The summed E-state index contributed by atoms with van der Waals surface area (Å²) in [5.41, 5.74) is 3.45. The lowest BCUT2D eigenvalue weighted by Gasteiger charge is -2.18. The van der Waals surface area contributed by atoms with E-state index in [1.165, 1.54) is 0 Å². The molecule has 1 aromatic heterocycles. The van der Waals surface area contributed by atoms with E-state index >= 15 is 0 Å². The molecule has 3 aliphatic rings. The first-order valence-corrected chi connectivity index (χ1v) is 6.57. The number of aromatic amines is 1. The molecule has 2 heterocycles. The molecule has 98 valence electrons. The molecule has 1 aliphatic heterocycles. The first-order chi connectivity index (χ1) is 9.09. The van der Waals surface area contributed by atoms with Crippen LogP contribution in [0.25, 0.3) is 0 Å². The highest BCUT2D eigenvalue weighted by molar-refractivity contribution is 6.26. The minimum atomic E-state index is -0.578. The number of allylic oxidation sites excluding steroid dienone is 2. The molecule has 2 N–H and O–H groups in total. The summed E-state index contributed by atoms with van der Waals surface area (Å²) in [4.78, 5) is 29.9. The van der Waals surface area contributed by atoms with E-state index in [1.54, 1.807) is 6.92 Å². The largest absolute Gasteiger partial charge is 0.387 e. The van der Waals surface area contributed by atoms with Gasteiger partial charge in [-0.1, -0.05) is 0 Å². The van der Waals surface area contributed by atoms with Crippen LogP contribution in [0, 0.1) is 0 Å². The molecule has 0 radical (unpaired) electrons. The molecule has 4 rings (SSSR count). The minimum Gasteiger partial charge on any atom is -0.387 e. The Morgan fingerprint density at radius 3 is 2.68 bits per heavy atom. The number of ketones is 2. The molecule has 0 amide bonds. The number of carbonyl (C=O) groups is 2. The molecule has 1 aromatic rings. The standard InChI is InChI=1S/C14H14N2O3/c1-6-12(16-4-5-16)14(19)11-9(13(6)18)7-2-3-8(17)10(7)15-11/h8,15,17H,2-5H2,1H3/t8-/m0/s1. The fourth-order valence-corrected chi connectivity index (χ4v) is 3.19. The molecule has 1 atom stereocenters. The molecule has 1 fully saturated rings. The Morgan fingerprint density at radius 2 is 2.00 bits per heavy atom. The number of hydrogen-bond acceptors (Lipinski definition) is 4. The van der Waals surface area contributed by atoms with Crippen molar-refractivity contribution in [3.63, 3.8) is 0 Å². The lowest BCUT2D eigenvalue weighted by molar-refractivity contribution is 0.0957. The summed E-state index contributed by atoms with van der Waals surface area (Å²) in [6.07, 6.45) is 0.705. The molecule has 19 heavy (non-hydrogen) atoms. The van der Waals surface area contributed by atoms with Crippen LogP contribution in [0.1, 0.15) is 51.6 Å². The summed E-state index contributed by atoms with van der Waals surface area (Å²) in [5.74, 6) is -0.172. The number of H-pyrrole nitrogens is 1. The van der Waals surface area contributed by atoms with Crippen LogP contribution in [0.5, 0.6) is 0 Å². The maximum absolute atomic E-state index is 12.5. The Morgan fingerprint density at radius 1 is 1.26 bits per heavy atom. The van der Waals surface area contributed by atoms with E-state index in [9.17, 15) is 14.7 Å². The van der Waals surface area contributed by atoms with E-state index in [4.69, 9.17) is 0 Å². The number of aliphatic hydroxyl groups excluding tert-OH is 1. The van der Waals surface area contributed by atoms with Gasteiger partial charge >= 0.3 is 0 Å². The first-order valence-electron chi connectivity index (χ1n) is 6.57. The molecular weight excluding hydrogens is 244 g/mol. The Hall–Kier alpha value is -1.88. The summed E-state index contributed by atoms with van der Waals surface area (Å²) in [6, 6.07) is 0. The van der Waals surface area contributed by atoms with Crippen molar-refractivity contribution in [1.29, 1.82) is 0 Å². The van der Waals surface area contributed by atoms with Crippen LogP contribution in [0.3, 0.4) is 0 Å². The molecule has 1 saturated heterocycles. The fraction of sp³-hybridized carbons (Fsp3) is 0.429. The van der Waals surface area contributed by atoms with Gasteiger partial charge in [0.1, 0.15) is 5.69 Å². The normalized spacial score (nSPS) is 24.9. The van der Waals surface area contributed by atoms with Gasteiger partial charge in [-0.3, -0.25) is 9.59 Å². The third-order valence-electron chi connectivity index (χ3n) is 4.27. The van der Waals surface area contributed by atoms with Gasteiger partial charge in [0.05, 0.1) is 17.4 Å². The van der Waals surface area contributed by atoms with Crippen LogP contribution < -0.4 is 0 Å². The quantitative estimate of drug-likeness (QED) is 0.736. The first kappa shape index (κ1) is 11.0. The molecule has 0 bridgehead atoms. The van der Waals surface area contributed by atoms with Crippen molar-refractivity contribution in [3.8, 4) is 0 Å². The maximum Gasteiger partial charge on any atom is 0.226 e. The van der Waals surface area contributed by atoms with Crippen LogP contribution in [-0.2, 0) is 6.42 Å². The van der Waals surface area contributed by atoms with Crippen LogP contribution in [0.4, 0.5) is 0 Å². The number of carbonyl (C=O) groups excluding carboxylic acids is 2. The van der Waals surface area contributed by atoms with Gasteiger partial charge in [-0.2, -0.15) is 0 Å². The summed E-state index contributed by atoms with van der Waals surface area (Å²) in [7, 11) is 0. The van der Waals surface area contributed by atoms with Crippen molar-refractivity contribution in [2.24, 2.45) is 0 Å². The predicted molar refractivity (Wildman–Crippen MR) is 67.0 cm³/mol. The zero-order valence-electron chi connectivity index (χ0n) is 10.6. The summed E-state index contributed by atoms with van der Waals surface area (Å²) >= 11 is 0. The van der Waals surface area contributed by atoms with Crippen molar-refractivity contribution in [1.82, 2.24) is 9.88 Å². The SMILES string of the molecule is CC1=C(N2CC2)C(=O)c2[nH]c3c(c2C1=O)CC[C@@H]3O. The van der Waals surface area contributed by atoms with E-state index in [0.29, 0.717) is 41.1 Å². The van der Waals surface area contributed by atoms with Gasteiger partial charge in [-0.25, -0.2) is 0 Å². The van der Waals surface area contributed by atoms with Gasteiger partial charge in [-0.15, -0.1) is 0 Å². The number of hydrogen-bond donors (Lipinski definition) is 2. The van der Waals surface area contributed by atoms with Gasteiger partial charge in [-0.05, 0) is 25.3 Å². The van der Waals surface area contributed by atoms with E-state index in [2.05, 4.69) is 4.98 Å². The number of aromatic nitrogens is 1. The second-order valence-corrected chi connectivity index (χ2v) is 5.44. The monoisotopic (exact) mass is 258 g/mol. The highest BCUT2D eigenvalue weighted by Gasteiger charge is 2.41. The van der Waals surface area contributed by atoms with Crippen LogP contribution in [-0.4, -0.2) is 39.6 Å². The van der Waals surface area contributed by atoms with E-state index < -0.39 is 6.10 Å². The highest BCUT2D eigenvalue weighted by Crippen LogP contribution is 2.40. The molecule has 5 heteroatoms. The Kier molecular flexibility index (Phi) is 1.94. The number of nitrogens with one attached hydrogen (secondary N) is 1. The molecular formula is C14H14N2O3. The zero-order valence-corrected chi connectivity index (χ0v) is 10.6. The highest BCUT2D eigenvalue weighted by atomic mass is 16.3. The summed E-state index contributed by atoms with van der Waals surface area (Å²) in [5, 5.41) is 9.88. The molecule has 0 saturated carbocycles.